The summed E-state index contributed by atoms with van der Waals surface area (Å²) in [5, 5.41) is 6.66. The molecule has 2 amide bonds. The van der Waals surface area contributed by atoms with Gasteiger partial charge in [-0.25, -0.2) is 4.39 Å². The van der Waals surface area contributed by atoms with Crippen molar-refractivity contribution >= 4 is 35.0 Å². The zero-order chi connectivity index (χ0) is 22.8. The molecule has 2 aromatic rings. The molecule has 2 N–H and O–H groups in total. The highest BCUT2D eigenvalue weighted by Crippen LogP contribution is 2.60. The molecule has 9 heteroatoms. The molecule has 3 aliphatic rings. The number of rotatable bonds is 10. The van der Waals surface area contributed by atoms with E-state index in [1.165, 1.54) is 12.1 Å². The van der Waals surface area contributed by atoms with E-state index in [0.717, 1.165) is 11.6 Å². The number of benzene rings is 2. The Morgan fingerprint density at radius 2 is 1.72 bits per heavy atom. The molecule has 5 rings (SSSR count). The van der Waals surface area contributed by atoms with Crippen LogP contribution < -0.4 is 15.4 Å². The summed E-state index contributed by atoms with van der Waals surface area (Å²) in [5.74, 6) is -0.712. The van der Waals surface area contributed by atoms with Gasteiger partial charge in [-0.15, -0.1) is 0 Å². The first-order chi connectivity index (χ1) is 15.3. The van der Waals surface area contributed by atoms with Gasteiger partial charge in [0.05, 0.1) is 18.2 Å². The average molecular weight is 481 g/mol. The summed E-state index contributed by atoms with van der Waals surface area (Å²) in [5.41, 5.74) is 0.430. The van der Waals surface area contributed by atoms with E-state index in [-0.39, 0.29) is 46.7 Å². The van der Waals surface area contributed by atoms with Crippen molar-refractivity contribution in [2.45, 2.75) is 43.4 Å². The first-order valence-corrected chi connectivity index (χ1v) is 11.0. The molecule has 0 aliphatic heterocycles. The minimum absolute atomic E-state index is 0.00400. The third kappa shape index (κ3) is 5.34. The second kappa shape index (κ2) is 9.25. The molecule has 32 heavy (non-hydrogen) atoms. The standard InChI is InChI=1S/C23H23Cl2FN2O4/c24-16-3-1-2-15(8-16)10-31-7-6-20(29)27-22-12-23(13-22,14-22)28-21(30)11-32-17-4-5-18(25)19(26)9-17/h1-5,8-9H,6-7,10-14H2,(H,27,29)(H,28,30). The molecule has 6 nitrogen and oxygen atoms in total. The third-order valence-electron chi connectivity index (χ3n) is 5.73. The molecule has 3 fully saturated rings. The molecule has 3 aliphatic carbocycles. The quantitative estimate of drug-likeness (QED) is 0.503. The molecule has 170 valence electrons. The Morgan fingerprint density at radius 3 is 2.41 bits per heavy atom. The van der Waals surface area contributed by atoms with Crippen LogP contribution in [0.2, 0.25) is 10.0 Å². The van der Waals surface area contributed by atoms with Gasteiger partial charge < -0.3 is 20.1 Å². The third-order valence-corrected chi connectivity index (χ3v) is 6.27. The topological polar surface area (TPSA) is 76.7 Å². The van der Waals surface area contributed by atoms with Crippen LogP contribution in [0.4, 0.5) is 4.39 Å². The van der Waals surface area contributed by atoms with Gasteiger partial charge in [0, 0.05) is 28.6 Å². The predicted octanol–water partition coefficient (Wildman–Crippen LogP) is 4.03. The smallest absolute Gasteiger partial charge is 0.258 e. The molecule has 0 unspecified atom stereocenters. The van der Waals surface area contributed by atoms with E-state index < -0.39 is 5.82 Å². The number of hydrogen-bond donors (Lipinski definition) is 2. The largest absolute Gasteiger partial charge is 0.484 e. The molecule has 0 radical (unpaired) electrons. The average Bonchev–Trinajstić information content (AvgIpc) is 2.70. The SMILES string of the molecule is O=C(CCOCc1cccc(Cl)c1)NC12CC(NC(=O)COc3ccc(Cl)c(F)c3)(C1)C2. The van der Waals surface area contributed by atoms with Crippen molar-refractivity contribution in [1.82, 2.24) is 10.6 Å². The fourth-order valence-electron chi connectivity index (χ4n) is 4.44. The van der Waals surface area contributed by atoms with E-state index in [0.29, 0.717) is 37.5 Å². The molecule has 2 bridgehead atoms. The van der Waals surface area contributed by atoms with E-state index in [2.05, 4.69) is 10.6 Å². The van der Waals surface area contributed by atoms with Crippen LogP contribution in [-0.4, -0.2) is 36.1 Å². The summed E-state index contributed by atoms with van der Waals surface area (Å²) >= 11 is 11.6. The van der Waals surface area contributed by atoms with Crippen molar-refractivity contribution in [2.24, 2.45) is 0 Å². The molecule has 3 saturated carbocycles. The number of amides is 2. The second-order valence-electron chi connectivity index (χ2n) is 8.48. The van der Waals surface area contributed by atoms with E-state index in [1.54, 1.807) is 6.07 Å². The Kier molecular flexibility index (Phi) is 6.60. The van der Waals surface area contributed by atoms with Gasteiger partial charge in [-0.2, -0.15) is 0 Å². The normalized spacial score (nSPS) is 23.0. The lowest BCUT2D eigenvalue weighted by atomic mass is 9.44. The number of carbonyl (C=O) groups is 2. The maximum absolute atomic E-state index is 13.4. The van der Waals surface area contributed by atoms with Crippen LogP contribution in [0.15, 0.2) is 42.5 Å². The van der Waals surface area contributed by atoms with Crippen LogP contribution >= 0.6 is 23.2 Å². The highest BCUT2D eigenvalue weighted by Gasteiger charge is 2.69. The number of carbonyl (C=O) groups excluding carboxylic acids is 2. The van der Waals surface area contributed by atoms with Gasteiger partial charge in [0.1, 0.15) is 11.6 Å². The Bertz CT molecular complexity index is 1010. The minimum atomic E-state index is -0.600. The summed E-state index contributed by atoms with van der Waals surface area (Å²) < 4.78 is 24.3. The van der Waals surface area contributed by atoms with E-state index >= 15 is 0 Å². The fraction of sp³-hybridized carbons (Fsp3) is 0.391. The first-order valence-electron chi connectivity index (χ1n) is 10.3. The monoisotopic (exact) mass is 480 g/mol. The van der Waals surface area contributed by atoms with Crippen LogP contribution in [0.5, 0.6) is 5.75 Å². The fourth-order valence-corrected chi connectivity index (χ4v) is 4.77. The van der Waals surface area contributed by atoms with Crippen molar-refractivity contribution in [2.75, 3.05) is 13.2 Å². The molecular formula is C23H23Cl2FN2O4. The second-order valence-corrected chi connectivity index (χ2v) is 9.33. The van der Waals surface area contributed by atoms with Gasteiger partial charge in [0.25, 0.3) is 5.91 Å². The van der Waals surface area contributed by atoms with E-state index in [1.807, 2.05) is 18.2 Å². The minimum Gasteiger partial charge on any atom is -0.484 e. The summed E-state index contributed by atoms with van der Waals surface area (Å²) in [6, 6.07) is 11.4. The number of ether oxygens (including phenoxy) is 2. The van der Waals surface area contributed by atoms with Crippen LogP contribution in [0.3, 0.4) is 0 Å². The summed E-state index contributed by atoms with van der Waals surface area (Å²) in [6.45, 7) is 0.504. The molecule has 2 aromatic carbocycles. The van der Waals surface area contributed by atoms with Gasteiger partial charge in [0.15, 0.2) is 6.61 Å². The molecule has 0 atom stereocenters. The molecule has 0 spiro atoms. The number of halogens is 3. The van der Waals surface area contributed by atoms with Crippen LogP contribution in [0, 0.1) is 5.82 Å². The van der Waals surface area contributed by atoms with Gasteiger partial charge in [-0.1, -0.05) is 35.3 Å². The lowest BCUT2D eigenvalue weighted by molar-refractivity contribution is -0.150. The molecule has 0 saturated heterocycles. The Balaban J connectivity index is 1.11. The highest BCUT2D eigenvalue weighted by molar-refractivity contribution is 6.31. The maximum Gasteiger partial charge on any atom is 0.258 e. The Labute approximate surface area is 195 Å². The maximum atomic E-state index is 13.4. The van der Waals surface area contributed by atoms with Gasteiger partial charge in [0.2, 0.25) is 5.91 Å². The summed E-state index contributed by atoms with van der Waals surface area (Å²) in [6.07, 6.45) is 2.34. The van der Waals surface area contributed by atoms with Crippen molar-refractivity contribution in [1.29, 1.82) is 0 Å². The number of nitrogens with one attached hydrogen (secondary N) is 2. The van der Waals surface area contributed by atoms with Crippen molar-refractivity contribution in [3.05, 3.63) is 63.9 Å². The Morgan fingerprint density at radius 1 is 1.00 bits per heavy atom. The van der Waals surface area contributed by atoms with Gasteiger partial charge >= 0.3 is 0 Å². The van der Waals surface area contributed by atoms with Crippen molar-refractivity contribution < 1.29 is 23.5 Å². The summed E-state index contributed by atoms with van der Waals surface area (Å²) in [4.78, 5) is 24.4. The Hall–Kier alpha value is -2.35. The summed E-state index contributed by atoms with van der Waals surface area (Å²) in [7, 11) is 0. The predicted molar refractivity (Wildman–Crippen MR) is 118 cm³/mol. The van der Waals surface area contributed by atoms with Crippen LogP contribution in [0.1, 0.15) is 31.2 Å². The highest BCUT2D eigenvalue weighted by atomic mass is 35.5. The van der Waals surface area contributed by atoms with Crippen LogP contribution in [0.25, 0.3) is 0 Å². The molecule has 0 heterocycles. The van der Waals surface area contributed by atoms with Gasteiger partial charge in [-0.3, -0.25) is 9.59 Å². The van der Waals surface area contributed by atoms with Crippen molar-refractivity contribution in [3.8, 4) is 5.75 Å². The molecular weight excluding hydrogens is 458 g/mol. The first kappa shape index (κ1) is 22.8. The molecule has 0 aromatic heterocycles. The zero-order valence-corrected chi connectivity index (χ0v) is 18.8. The zero-order valence-electron chi connectivity index (χ0n) is 17.3. The van der Waals surface area contributed by atoms with E-state index in [4.69, 9.17) is 32.7 Å². The van der Waals surface area contributed by atoms with Gasteiger partial charge in [-0.05, 0) is 49.1 Å². The van der Waals surface area contributed by atoms with E-state index in [9.17, 15) is 14.0 Å². The van der Waals surface area contributed by atoms with Crippen molar-refractivity contribution in [3.63, 3.8) is 0 Å². The lowest BCUT2D eigenvalue weighted by Crippen LogP contribution is -2.84. The number of hydrogen-bond acceptors (Lipinski definition) is 4. The lowest BCUT2D eigenvalue weighted by Gasteiger charge is -2.70. The van der Waals surface area contributed by atoms with Crippen LogP contribution in [-0.2, 0) is 20.9 Å².